The molecule has 2 amide bonds. The Morgan fingerprint density at radius 2 is 1.56 bits per heavy atom. The maximum absolute atomic E-state index is 13.9. The number of halogens is 2. The number of nitrogens with zero attached hydrogens (tertiary/aromatic N) is 2. The number of amides is 2. The lowest BCUT2D eigenvalue weighted by atomic mass is 10.1. The summed E-state index contributed by atoms with van der Waals surface area (Å²) in [5, 5.41) is 3.26. The van der Waals surface area contributed by atoms with Crippen LogP contribution in [0.2, 0.25) is 10.0 Å². The number of carbonyl (C=O) groups excluding carboxylic acids is 2. The molecule has 0 aromatic heterocycles. The summed E-state index contributed by atoms with van der Waals surface area (Å²) in [6, 6.07) is 18.8. The summed E-state index contributed by atoms with van der Waals surface area (Å²) in [5.74, 6) is -0.941. The van der Waals surface area contributed by atoms with Crippen molar-refractivity contribution in [1.82, 2.24) is 10.2 Å². The van der Waals surface area contributed by atoms with Gasteiger partial charge in [0, 0.05) is 17.1 Å². The molecule has 0 saturated heterocycles. The molecule has 0 radical (unpaired) electrons. The van der Waals surface area contributed by atoms with E-state index < -0.39 is 34.1 Å². The van der Waals surface area contributed by atoms with Gasteiger partial charge in [-0.1, -0.05) is 71.2 Å². The molecule has 0 bridgehead atoms. The Bertz CT molecular complexity index is 1420. The monoisotopic (exact) mass is 589 g/mol. The van der Waals surface area contributed by atoms with Gasteiger partial charge in [0.05, 0.1) is 15.6 Å². The summed E-state index contributed by atoms with van der Waals surface area (Å²) in [7, 11) is -4.23. The first-order chi connectivity index (χ1) is 18.2. The molecule has 0 spiro atoms. The highest BCUT2D eigenvalue weighted by molar-refractivity contribution is 7.92. The molecular weight excluding hydrogens is 557 g/mol. The zero-order chi connectivity index (χ0) is 29.0. The summed E-state index contributed by atoms with van der Waals surface area (Å²) in [4.78, 5) is 28.5. The summed E-state index contributed by atoms with van der Waals surface area (Å²) in [5.41, 5.74) is 1.37. The van der Waals surface area contributed by atoms with E-state index in [2.05, 4.69) is 5.32 Å². The average Bonchev–Trinajstić information content (AvgIpc) is 2.87. The minimum absolute atomic E-state index is 0.0162. The normalized spacial score (nSPS) is 12.5. The highest BCUT2D eigenvalue weighted by Gasteiger charge is 2.34. The van der Waals surface area contributed by atoms with E-state index in [1.165, 1.54) is 35.2 Å². The minimum Gasteiger partial charge on any atom is -0.350 e. The molecule has 3 aromatic rings. The van der Waals surface area contributed by atoms with Gasteiger partial charge in [-0.25, -0.2) is 8.42 Å². The Morgan fingerprint density at radius 3 is 2.15 bits per heavy atom. The third kappa shape index (κ3) is 7.97. The number of hydrogen-bond acceptors (Lipinski definition) is 4. The Hall–Kier alpha value is -3.07. The number of aryl methyl sites for hydroxylation is 1. The lowest BCUT2D eigenvalue weighted by Crippen LogP contribution is -2.54. The molecule has 1 N–H and O–H groups in total. The van der Waals surface area contributed by atoms with Crippen molar-refractivity contribution in [3.63, 3.8) is 0 Å². The van der Waals surface area contributed by atoms with Gasteiger partial charge in [-0.3, -0.25) is 13.9 Å². The molecule has 3 rings (SSSR count). The molecule has 0 aliphatic heterocycles. The van der Waals surface area contributed by atoms with Gasteiger partial charge in [0.15, 0.2) is 0 Å². The lowest BCUT2D eigenvalue weighted by Gasteiger charge is -2.33. The van der Waals surface area contributed by atoms with Crippen LogP contribution in [0, 0.1) is 6.92 Å². The first kappa shape index (κ1) is 30.5. The van der Waals surface area contributed by atoms with Crippen molar-refractivity contribution in [2.45, 2.75) is 57.6 Å². The second kappa shape index (κ2) is 12.4. The fraction of sp³-hybridized carbons (Fsp3) is 0.310. The van der Waals surface area contributed by atoms with Crippen LogP contribution in [0.4, 0.5) is 5.69 Å². The van der Waals surface area contributed by atoms with Crippen LogP contribution in [-0.4, -0.2) is 43.3 Å². The molecule has 0 unspecified atom stereocenters. The van der Waals surface area contributed by atoms with E-state index >= 15 is 0 Å². The molecule has 0 aliphatic rings. The molecule has 0 saturated carbocycles. The fourth-order valence-corrected chi connectivity index (χ4v) is 5.74. The largest absolute Gasteiger partial charge is 0.350 e. The van der Waals surface area contributed by atoms with Gasteiger partial charge in [-0.05, 0) is 70.5 Å². The van der Waals surface area contributed by atoms with Crippen molar-refractivity contribution >= 4 is 50.7 Å². The van der Waals surface area contributed by atoms with Gasteiger partial charge in [0.2, 0.25) is 11.8 Å². The molecule has 208 valence electrons. The van der Waals surface area contributed by atoms with E-state index in [0.29, 0.717) is 0 Å². The molecule has 0 heterocycles. The van der Waals surface area contributed by atoms with Crippen LogP contribution in [0.1, 0.15) is 38.8 Å². The second-order valence-corrected chi connectivity index (χ2v) is 13.0. The fourth-order valence-electron chi connectivity index (χ4n) is 3.86. The van der Waals surface area contributed by atoms with Gasteiger partial charge in [0.25, 0.3) is 10.0 Å². The maximum atomic E-state index is 13.9. The van der Waals surface area contributed by atoms with Crippen LogP contribution in [-0.2, 0) is 26.2 Å². The minimum atomic E-state index is -4.23. The van der Waals surface area contributed by atoms with Crippen molar-refractivity contribution in [2.75, 3.05) is 10.8 Å². The summed E-state index contributed by atoms with van der Waals surface area (Å²) >= 11 is 12.6. The first-order valence-electron chi connectivity index (χ1n) is 12.4. The van der Waals surface area contributed by atoms with Crippen LogP contribution in [0.3, 0.4) is 0 Å². The molecule has 39 heavy (non-hydrogen) atoms. The van der Waals surface area contributed by atoms with Gasteiger partial charge in [-0.15, -0.1) is 0 Å². The van der Waals surface area contributed by atoms with E-state index in [-0.39, 0.29) is 33.1 Å². The van der Waals surface area contributed by atoms with Crippen molar-refractivity contribution in [1.29, 1.82) is 0 Å². The van der Waals surface area contributed by atoms with Crippen LogP contribution >= 0.6 is 23.2 Å². The lowest BCUT2D eigenvalue weighted by molar-refractivity contribution is -0.140. The number of rotatable bonds is 9. The zero-order valence-electron chi connectivity index (χ0n) is 22.6. The number of anilines is 1. The van der Waals surface area contributed by atoms with E-state index in [1.807, 2.05) is 52.0 Å². The van der Waals surface area contributed by atoms with Crippen molar-refractivity contribution in [3.8, 4) is 0 Å². The topological polar surface area (TPSA) is 86.8 Å². The van der Waals surface area contributed by atoms with Gasteiger partial charge >= 0.3 is 0 Å². The molecule has 10 heteroatoms. The summed E-state index contributed by atoms with van der Waals surface area (Å²) < 4.78 is 28.6. The van der Waals surface area contributed by atoms with Crippen LogP contribution in [0.25, 0.3) is 0 Å². The van der Waals surface area contributed by atoms with Crippen molar-refractivity contribution < 1.29 is 18.0 Å². The quantitative estimate of drug-likeness (QED) is 0.340. The predicted octanol–water partition coefficient (Wildman–Crippen LogP) is 5.83. The summed E-state index contributed by atoms with van der Waals surface area (Å²) in [6.07, 6.45) is 0. The van der Waals surface area contributed by atoms with E-state index in [4.69, 9.17) is 23.2 Å². The molecule has 0 aliphatic carbocycles. The Balaban J connectivity index is 2.06. The smallest absolute Gasteiger partial charge is 0.264 e. The maximum Gasteiger partial charge on any atom is 0.264 e. The number of hydrogen-bond donors (Lipinski definition) is 1. The Kier molecular flexibility index (Phi) is 9.69. The number of nitrogens with one attached hydrogen (secondary N) is 1. The number of sulfonamides is 1. The highest BCUT2D eigenvalue weighted by atomic mass is 35.5. The second-order valence-electron chi connectivity index (χ2n) is 10.3. The van der Waals surface area contributed by atoms with Gasteiger partial charge in [0.1, 0.15) is 12.6 Å². The third-order valence-corrected chi connectivity index (χ3v) is 8.25. The Morgan fingerprint density at radius 1 is 0.949 bits per heavy atom. The SMILES string of the molecule is Cc1ccc(CN(C(=O)CN(c2cc(Cl)ccc2Cl)S(=O)(=O)c2ccccc2)[C@@H](C)C(=O)NC(C)(C)C)cc1. The average molecular weight is 591 g/mol. The molecule has 3 aromatic carbocycles. The van der Waals surface area contributed by atoms with Crippen molar-refractivity contribution in [2.24, 2.45) is 0 Å². The number of benzene rings is 3. The van der Waals surface area contributed by atoms with Crippen molar-refractivity contribution in [3.05, 3.63) is 94.0 Å². The van der Waals surface area contributed by atoms with E-state index in [9.17, 15) is 18.0 Å². The molecular formula is C29H33Cl2N3O4S. The standard InChI is InChI=1S/C29H33Cl2N3O4S/c1-20-11-13-22(14-12-20)18-33(21(2)28(36)32-29(3,4)5)27(35)19-34(26-17-23(30)15-16-25(26)31)39(37,38)24-9-7-6-8-10-24/h6-17,21H,18-19H2,1-5H3,(H,32,36)/t21-/m0/s1. The molecule has 7 nitrogen and oxygen atoms in total. The third-order valence-electron chi connectivity index (χ3n) is 5.93. The molecule has 1 atom stereocenters. The first-order valence-corrected chi connectivity index (χ1v) is 14.6. The molecule has 0 fully saturated rings. The van der Waals surface area contributed by atoms with Gasteiger partial charge < -0.3 is 10.2 Å². The van der Waals surface area contributed by atoms with E-state index in [0.717, 1.165) is 15.4 Å². The highest BCUT2D eigenvalue weighted by Crippen LogP contribution is 2.33. The Labute approximate surface area is 240 Å². The summed E-state index contributed by atoms with van der Waals surface area (Å²) in [6.45, 7) is 8.61. The van der Waals surface area contributed by atoms with Crippen LogP contribution < -0.4 is 9.62 Å². The van der Waals surface area contributed by atoms with E-state index in [1.54, 1.807) is 25.1 Å². The zero-order valence-corrected chi connectivity index (χ0v) is 24.9. The van der Waals surface area contributed by atoms with Gasteiger partial charge in [-0.2, -0.15) is 0 Å². The predicted molar refractivity (Wildman–Crippen MR) is 157 cm³/mol. The van der Waals surface area contributed by atoms with Crippen LogP contribution in [0.15, 0.2) is 77.7 Å². The number of carbonyl (C=O) groups is 2. The van der Waals surface area contributed by atoms with Crippen LogP contribution in [0.5, 0.6) is 0 Å².